The van der Waals surface area contributed by atoms with Crippen LogP contribution < -0.4 is 14.8 Å². The van der Waals surface area contributed by atoms with Gasteiger partial charge in [0.25, 0.3) is 5.91 Å². The minimum atomic E-state index is -2.98. The summed E-state index contributed by atoms with van der Waals surface area (Å²) in [5.41, 5.74) is 1.65. The first-order valence-corrected chi connectivity index (χ1v) is 14.7. The van der Waals surface area contributed by atoms with Crippen molar-refractivity contribution in [1.29, 1.82) is 0 Å². The monoisotopic (exact) mass is 586 g/mol. The van der Waals surface area contributed by atoms with Crippen LogP contribution in [0.3, 0.4) is 0 Å². The molecule has 228 valence electrons. The van der Waals surface area contributed by atoms with E-state index in [1.165, 1.54) is 17.9 Å². The average Bonchev–Trinajstić information content (AvgIpc) is 3.69. The first kappa shape index (κ1) is 31.2. The lowest BCUT2D eigenvalue weighted by atomic mass is 9.95. The molecule has 2 aromatic rings. The van der Waals surface area contributed by atoms with Crippen LogP contribution in [0, 0.1) is 5.92 Å². The van der Waals surface area contributed by atoms with Gasteiger partial charge in [0.1, 0.15) is 11.7 Å². The van der Waals surface area contributed by atoms with Crippen LogP contribution in [-0.4, -0.2) is 71.4 Å². The first-order chi connectivity index (χ1) is 20.2. The summed E-state index contributed by atoms with van der Waals surface area (Å²) in [4.78, 5) is 46.5. The molecule has 1 aromatic carbocycles. The van der Waals surface area contributed by atoms with Gasteiger partial charge in [-0.1, -0.05) is 26.0 Å². The molecule has 3 amide bonds. The fraction of sp³-hybridized carbons (Fsp3) is 0.548. The third-order valence-corrected chi connectivity index (χ3v) is 7.58. The van der Waals surface area contributed by atoms with E-state index in [1.54, 1.807) is 35.2 Å². The molecule has 0 radical (unpaired) electrons. The number of hydrogen-bond donors (Lipinski definition) is 1. The molecule has 1 N–H and O–H groups in total. The summed E-state index contributed by atoms with van der Waals surface area (Å²) in [6, 6.07) is 9.26. The number of amides is 3. The van der Waals surface area contributed by atoms with Gasteiger partial charge in [-0.2, -0.15) is 8.78 Å². The fourth-order valence-electron chi connectivity index (χ4n) is 5.26. The fourth-order valence-corrected chi connectivity index (χ4v) is 5.26. The van der Waals surface area contributed by atoms with E-state index in [2.05, 4.69) is 15.0 Å². The van der Waals surface area contributed by atoms with Crippen LogP contribution in [0.2, 0.25) is 0 Å². The van der Waals surface area contributed by atoms with Crippen LogP contribution >= 0.6 is 0 Å². The van der Waals surface area contributed by atoms with Crippen LogP contribution in [0.15, 0.2) is 36.4 Å². The van der Waals surface area contributed by atoms with Gasteiger partial charge in [0.15, 0.2) is 11.5 Å². The smallest absolute Gasteiger partial charge is 0.387 e. The Bertz CT molecular complexity index is 1250. The summed E-state index contributed by atoms with van der Waals surface area (Å²) in [6.45, 7) is 4.61. The van der Waals surface area contributed by atoms with E-state index in [1.807, 2.05) is 13.8 Å². The number of alkyl halides is 2. The molecule has 0 spiro atoms. The molecule has 1 aliphatic heterocycles. The number of carbonyl (C=O) groups is 3. The van der Waals surface area contributed by atoms with E-state index in [9.17, 15) is 23.2 Å². The molecule has 1 saturated heterocycles. The number of nitrogens with zero attached hydrogens (tertiary/aromatic N) is 3. The zero-order chi connectivity index (χ0) is 30.2. The lowest BCUT2D eigenvalue weighted by Gasteiger charge is -2.22. The van der Waals surface area contributed by atoms with Crippen molar-refractivity contribution in [3.63, 3.8) is 0 Å². The summed E-state index contributed by atoms with van der Waals surface area (Å²) in [5, 5.41) is 2.88. The molecule has 2 aliphatic rings. The summed E-state index contributed by atoms with van der Waals surface area (Å²) < 4.78 is 36.4. The second-order valence-corrected chi connectivity index (χ2v) is 11.0. The molecule has 1 aliphatic carbocycles. The molecule has 0 bridgehead atoms. The van der Waals surface area contributed by atoms with Crippen LogP contribution in [0.5, 0.6) is 11.5 Å². The van der Waals surface area contributed by atoms with Gasteiger partial charge in [0, 0.05) is 32.5 Å². The topological polar surface area (TPSA) is 101 Å². The van der Waals surface area contributed by atoms with Crippen LogP contribution in [0.25, 0.3) is 0 Å². The summed E-state index contributed by atoms with van der Waals surface area (Å²) in [5.74, 6) is -0.286. The molecule has 4 rings (SSSR count). The zero-order valence-corrected chi connectivity index (χ0v) is 24.5. The molecule has 1 saturated carbocycles. The van der Waals surface area contributed by atoms with E-state index in [4.69, 9.17) is 4.74 Å². The number of likely N-dealkylation sites (tertiary alicyclic amines) is 1. The SMILES string of the molecule is CCCN(CCC)C(=O)c1cccc(CNC(=O)[C@H]2CC(c3ccc(OC(F)F)c(OCC4CC4)c3)CN2C(C)=O)n1. The van der Waals surface area contributed by atoms with E-state index >= 15 is 0 Å². The van der Waals surface area contributed by atoms with Gasteiger partial charge in [0.05, 0.1) is 18.8 Å². The molecule has 9 nitrogen and oxygen atoms in total. The first-order valence-electron chi connectivity index (χ1n) is 14.7. The molecule has 1 unspecified atom stereocenters. The highest BCUT2D eigenvalue weighted by molar-refractivity contribution is 5.92. The highest BCUT2D eigenvalue weighted by atomic mass is 19.3. The minimum Gasteiger partial charge on any atom is -0.489 e. The van der Waals surface area contributed by atoms with Gasteiger partial charge in [-0.3, -0.25) is 14.4 Å². The maximum atomic E-state index is 13.3. The average molecular weight is 587 g/mol. The Morgan fingerprint density at radius 3 is 2.48 bits per heavy atom. The molecule has 1 aromatic heterocycles. The standard InChI is InChI=1S/C31H40F2N4O5/c1-4-13-36(14-5-2)30(40)25-8-6-7-24(35-25)17-34-29(39)26-15-23(18-37(26)20(3)38)22-11-12-27(42-31(32)33)28(16-22)41-19-21-9-10-21/h6-8,11-12,16,21,23,26,31H,4-5,9-10,13-15,17-19H2,1-3H3,(H,34,39)/t23?,26-/m1/s1. The van der Waals surface area contributed by atoms with E-state index < -0.39 is 12.7 Å². The van der Waals surface area contributed by atoms with Gasteiger partial charge in [-0.15, -0.1) is 0 Å². The summed E-state index contributed by atoms with van der Waals surface area (Å²) in [6.07, 6.45) is 4.14. The van der Waals surface area contributed by atoms with Gasteiger partial charge in [-0.25, -0.2) is 4.98 Å². The molecular formula is C31H40F2N4O5. The summed E-state index contributed by atoms with van der Waals surface area (Å²) in [7, 11) is 0. The Labute approximate surface area is 245 Å². The Morgan fingerprint density at radius 2 is 1.83 bits per heavy atom. The quantitative estimate of drug-likeness (QED) is 0.343. The number of benzene rings is 1. The molecule has 2 atom stereocenters. The number of pyridine rings is 1. The molecular weight excluding hydrogens is 546 g/mol. The van der Waals surface area contributed by atoms with E-state index in [0.717, 1.165) is 31.2 Å². The lowest BCUT2D eigenvalue weighted by Crippen LogP contribution is -2.45. The molecule has 11 heteroatoms. The third-order valence-electron chi connectivity index (χ3n) is 7.58. The largest absolute Gasteiger partial charge is 0.489 e. The summed E-state index contributed by atoms with van der Waals surface area (Å²) >= 11 is 0. The molecule has 2 fully saturated rings. The van der Waals surface area contributed by atoms with Crippen LogP contribution in [-0.2, 0) is 16.1 Å². The number of halogens is 2. The van der Waals surface area contributed by atoms with Crippen molar-refractivity contribution in [2.75, 3.05) is 26.2 Å². The zero-order valence-electron chi connectivity index (χ0n) is 24.5. The maximum Gasteiger partial charge on any atom is 0.387 e. The minimum absolute atomic E-state index is 0.0363. The predicted octanol–water partition coefficient (Wildman–Crippen LogP) is 4.75. The Balaban J connectivity index is 1.43. The highest BCUT2D eigenvalue weighted by Gasteiger charge is 2.39. The van der Waals surface area contributed by atoms with Crippen molar-refractivity contribution in [1.82, 2.24) is 20.1 Å². The number of carbonyl (C=O) groups excluding carboxylic acids is 3. The predicted molar refractivity (Wildman–Crippen MR) is 152 cm³/mol. The number of nitrogens with one attached hydrogen (secondary N) is 1. The molecule has 42 heavy (non-hydrogen) atoms. The Hall–Kier alpha value is -3.76. The van der Waals surface area contributed by atoms with Crippen LogP contribution in [0.4, 0.5) is 8.78 Å². The van der Waals surface area contributed by atoms with E-state index in [0.29, 0.717) is 50.0 Å². The van der Waals surface area contributed by atoms with Crippen molar-refractivity contribution >= 4 is 17.7 Å². The number of ether oxygens (including phenoxy) is 2. The number of aromatic nitrogens is 1. The van der Waals surface area contributed by atoms with Gasteiger partial charge >= 0.3 is 6.61 Å². The van der Waals surface area contributed by atoms with Crippen molar-refractivity contribution in [3.8, 4) is 11.5 Å². The van der Waals surface area contributed by atoms with Crippen LogP contribution in [0.1, 0.15) is 80.5 Å². The third kappa shape index (κ3) is 8.17. The Kier molecular flexibility index (Phi) is 10.7. The van der Waals surface area contributed by atoms with Crippen molar-refractivity contribution in [3.05, 3.63) is 53.3 Å². The van der Waals surface area contributed by atoms with Crippen molar-refractivity contribution in [2.24, 2.45) is 5.92 Å². The normalized spacial score (nSPS) is 18.2. The van der Waals surface area contributed by atoms with Gasteiger partial charge in [0.2, 0.25) is 11.8 Å². The highest BCUT2D eigenvalue weighted by Crippen LogP contribution is 2.39. The second kappa shape index (κ2) is 14.4. The Morgan fingerprint density at radius 1 is 1.10 bits per heavy atom. The second-order valence-electron chi connectivity index (χ2n) is 11.0. The molecule has 2 heterocycles. The van der Waals surface area contributed by atoms with Crippen molar-refractivity contribution in [2.45, 2.75) is 78.0 Å². The van der Waals surface area contributed by atoms with E-state index in [-0.39, 0.29) is 41.7 Å². The number of hydrogen-bond acceptors (Lipinski definition) is 6. The van der Waals surface area contributed by atoms with Gasteiger partial charge in [-0.05, 0) is 67.9 Å². The van der Waals surface area contributed by atoms with Crippen molar-refractivity contribution < 1.29 is 32.6 Å². The maximum absolute atomic E-state index is 13.3. The number of rotatable bonds is 14. The van der Waals surface area contributed by atoms with Gasteiger partial charge < -0.3 is 24.6 Å². The lowest BCUT2D eigenvalue weighted by molar-refractivity contribution is -0.136.